The first-order valence-electron chi connectivity index (χ1n) is 5.55. The molecule has 4 nitrogen and oxygen atoms in total. The molecule has 112 valence electrons. The minimum atomic E-state index is -4.67. The van der Waals surface area contributed by atoms with Gasteiger partial charge in [-0.3, -0.25) is 9.78 Å². The Labute approximate surface area is 127 Å². The van der Waals surface area contributed by atoms with Crippen LogP contribution in [0, 0.1) is 0 Å². The first kappa shape index (κ1) is 17.2. The van der Waals surface area contributed by atoms with Crippen LogP contribution in [0.4, 0.5) is 13.2 Å². The van der Waals surface area contributed by atoms with Gasteiger partial charge in [0.2, 0.25) is 5.91 Å². The topological polar surface area (TPSA) is 59.2 Å². The number of pyridine rings is 1. The molecule has 0 radical (unpaired) electrons. The Bertz CT molecular complexity index is 455. The standard InChI is InChI=1S/C11H12BrClF3N3O/c12-7-1-2-8(18-6-7)10(11(14,15)16)19(4-3-17)9(20)5-13/h1-2,6,10H,3-5,17H2. The molecule has 1 unspecified atom stereocenters. The first-order valence-corrected chi connectivity index (χ1v) is 6.87. The molecule has 2 N–H and O–H groups in total. The fraction of sp³-hybridized carbons (Fsp3) is 0.455. The van der Waals surface area contributed by atoms with Gasteiger partial charge in [-0.2, -0.15) is 13.2 Å². The fourth-order valence-corrected chi connectivity index (χ4v) is 2.05. The minimum absolute atomic E-state index is 0.105. The van der Waals surface area contributed by atoms with E-state index in [-0.39, 0.29) is 18.8 Å². The Hall–Kier alpha value is -0.860. The third kappa shape index (κ3) is 4.32. The molecule has 0 spiro atoms. The number of amides is 1. The number of halogens is 5. The number of alkyl halides is 4. The highest BCUT2D eigenvalue weighted by Gasteiger charge is 2.47. The minimum Gasteiger partial charge on any atom is -0.329 e. The molecule has 1 amide bonds. The fourth-order valence-electron chi connectivity index (χ4n) is 1.67. The number of hydrogen-bond acceptors (Lipinski definition) is 3. The summed E-state index contributed by atoms with van der Waals surface area (Å²) in [5.74, 6) is -1.40. The van der Waals surface area contributed by atoms with Crippen molar-refractivity contribution in [2.24, 2.45) is 5.73 Å². The van der Waals surface area contributed by atoms with E-state index >= 15 is 0 Å². The Morgan fingerprint density at radius 1 is 1.50 bits per heavy atom. The first-order chi connectivity index (χ1) is 9.31. The highest BCUT2D eigenvalue weighted by molar-refractivity contribution is 9.10. The zero-order valence-electron chi connectivity index (χ0n) is 10.2. The lowest BCUT2D eigenvalue weighted by Gasteiger charge is -2.32. The molecule has 0 aromatic carbocycles. The van der Waals surface area contributed by atoms with Crippen molar-refractivity contribution in [1.29, 1.82) is 0 Å². The lowest BCUT2D eigenvalue weighted by molar-refractivity contribution is -0.191. The lowest BCUT2D eigenvalue weighted by Crippen LogP contribution is -2.45. The van der Waals surface area contributed by atoms with Gasteiger partial charge in [0.1, 0.15) is 5.88 Å². The van der Waals surface area contributed by atoms with Gasteiger partial charge < -0.3 is 10.6 Å². The van der Waals surface area contributed by atoms with Gasteiger partial charge in [-0.1, -0.05) is 0 Å². The third-order valence-corrected chi connectivity index (χ3v) is 3.15. The molecule has 0 saturated heterocycles. The summed E-state index contributed by atoms with van der Waals surface area (Å²) in [5.41, 5.74) is 4.99. The Kier molecular flexibility index (Phi) is 6.22. The number of carbonyl (C=O) groups is 1. The number of rotatable bonds is 5. The summed E-state index contributed by atoms with van der Waals surface area (Å²) in [5, 5.41) is 0. The largest absolute Gasteiger partial charge is 0.414 e. The van der Waals surface area contributed by atoms with E-state index in [0.29, 0.717) is 9.37 Å². The summed E-state index contributed by atoms with van der Waals surface area (Å²) < 4.78 is 40.3. The van der Waals surface area contributed by atoms with E-state index in [1.165, 1.54) is 18.3 Å². The van der Waals surface area contributed by atoms with Gasteiger partial charge in [-0.25, -0.2) is 0 Å². The second kappa shape index (κ2) is 7.24. The molecule has 20 heavy (non-hydrogen) atoms. The predicted octanol–water partition coefficient (Wildman–Crippen LogP) is 2.47. The molecular formula is C11H12BrClF3N3O. The summed E-state index contributed by atoms with van der Waals surface area (Å²) in [6.07, 6.45) is -3.43. The normalized spacial score (nSPS) is 13.1. The Morgan fingerprint density at radius 3 is 2.55 bits per heavy atom. The smallest absolute Gasteiger partial charge is 0.329 e. The molecular weight excluding hydrogens is 362 g/mol. The van der Waals surface area contributed by atoms with Crippen LogP contribution in [-0.4, -0.2) is 40.9 Å². The van der Waals surface area contributed by atoms with Crippen molar-refractivity contribution in [3.63, 3.8) is 0 Å². The molecule has 0 aliphatic carbocycles. The molecule has 1 atom stereocenters. The summed E-state index contributed by atoms with van der Waals surface area (Å²) >= 11 is 8.45. The van der Waals surface area contributed by atoms with Crippen LogP contribution in [0.3, 0.4) is 0 Å². The Morgan fingerprint density at radius 2 is 2.15 bits per heavy atom. The van der Waals surface area contributed by atoms with Gasteiger partial charge in [-0.15, -0.1) is 11.6 Å². The van der Waals surface area contributed by atoms with Crippen LogP contribution in [0.5, 0.6) is 0 Å². The quantitative estimate of drug-likeness (QED) is 0.806. The molecule has 0 saturated carbocycles. The van der Waals surface area contributed by atoms with Crippen molar-refractivity contribution in [2.45, 2.75) is 12.2 Å². The van der Waals surface area contributed by atoms with E-state index in [9.17, 15) is 18.0 Å². The van der Waals surface area contributed by atoms with Crippen LogP contribution in [0.15, 0.2) is 22.8 Å². The summed E-state index contributed by atoms with van der Waals surface area (Å²) in [6, 6.07) is 0.463. The monoisotopic (exact) mass is 373 g/mol. The molecule has 0 fully saturated rings. The molecule has 1 aromatic rings. The van der Waals surface area contributed by atoms with Crippen molar-refractivity contribution in [3.05, 3.63) is 28.5 Å². The van der Waals surface area contributed by atoms with Crippen LogP contribution < -0.4 is 5.73 Å². The number of carbonyl (C=O) groups excluding carboxylic acids is 1. The van der Waals surface area contributed by atoms with E-state index in [1.54, 1.807) is 0 Å². The van der Waals surface area contributed by atoms with E-state index in [1.807, 2.05) is 0 Å². The maximum absolute atomic E-state index is 13.2. The molecule has 1 heterocycles. The van der Waals surface area contributed by atoms with Gasteiger partial charge in [-0.05, 0) is 28.1 Å². The van der Waals surface area contributed by atoms with Crippen molar-refractivity contribution >= 4 is 33.4 Å². The van der Waals surface area contributed by atoms with Gasteiger partial charge in [0.05, 0.1) is 5.69 Å². The Balaban J connectivity index is 3.22. The number of nitrogens with two attached hydrogens (primary N) is 1. The molecule has 0 bridgehead atoms. The third-order valence-electron chi connectivity index (χ3n) is 2.46. The van der Waals surface area contributed by atoms with Crippen molar-refractivity contribution in [1.82, 2.24) is 9.88 Å². The number of aromatic nitrogens is 1. The molecule has 0 aliphatic heterocycles. The van der Waals surface area contributed by atoms with Crippen LogP contribution in [0.2, 0.25) is 0 Å². The second-order valence-corrected chi connectivity index (χ2v) is 5.04. The SMILES string of the molecule is NCCN(C(=O)CCl)C(c1ccc(Br)cn1)C(F)(F)F. The van der Waals surface area contributed by atoms with Crippen molar-refractivity contribution in [2.75, 3.05) is 19.0 Å². The summed E-state index contributed by atoms with van der Waals surface area (Å²) in [7, 11) is 0. The van der Waals surface area contributed by atoms with Gasteiger partial charge in [0.25, 0.3) is 0 Å². The van der Waals surface area contributed by atoms with Crippen molar-refractivity contribution in [3.8, 4) is 0 Å². The van der Waals surface area contributed by atoms with Crippen molar-refractivity contribution < 1.29 is 18.0 Å². The van der Waals surface area contributed by atoms with E-state index in [2.05, 4.69) is 20.9 Å². The van der Waals surface area contributed by atoms with Gasteiger partial charge >= 0.3 is 6.18 Å². The molecule has 9 heteroatoms. The zero-order valence-corrected chi connectivity index (χ0v) is 12.5. The van der Waals surface area contributed by atoms with E-state index in [4.69, 9.17) is 17.3 Å². The molecule has 1 aromatic heterocycles. The number of hydrogen-bond donors (Lipinski definition) is 1. The van der Waals surface area contributed by atoms with Crippen LogP contribution in [0.25, 0.3) is 0 Å². The maximum Gasteiger partial charge on any atom is 0.414 e. The highest BCUT2D eigenvalue weighted by atomic mass is 79.9. The second-order valence-electron chi connectivity index (χ2n) is 3.85. The molecule has 1 rings (SSSR count). The van der Waals surface area contributed by atoms with E-state index in [0.717, 1.165) is 0 Å². The van der Waals surface area contributed by atoms with E-state index < -0.39 is 24.0 Å². The van der Waals surface area contributed by atoms with Gasteiger partial charge in [0, 0.05) is 23.8 Å². The van der Waals surface area contributed by atoms with Crippen LogP contribution >= 0.6 is 27.5 Å². The lowest BCUT2D eigenvalue weighted by atomic mass is 10.1. The highest BCUT2D eigenvalue weighted by Crippen LogP contribution is 2.37. The summed E-state index contributed by atoms with van der Waals surface area (Å²) in [4.78, 5) is 16.0. The van der Waals surface area contributed by atoms with Gasteiger partial charge in [0.15, 0.2) is 6.04 Å². The number of nitrogens with zero attached hydrogens (tertiary/aromatic N) is 2. The average molecular weight is 375 g/mol. The predicted molar refractivity (Wildman–Crippen MR) is 72.2 cm³/mol. The molecule has 0 aliphatic rings. The maximum atomic E-state index is 13.2. The zero-order chi connectivity index (χ0) is 15.3. The van der Waals surface area contributed by atoms with Crippen LogP contribution in [-0.2, 0) is 4.79 Å². The van der Waals surface area contributed by atoms with Crippen LogP contribution in [0.1, 0.15) is 11.7 Å². The average Bonchev–Trinajstić information content (AvgIpc) is 2.38. The summed E-state index contributed by atoms with van der Waals surface area (Å²) in [6.45, 7) is -0.362.